The number of piperazine rings is 1. The Morgan fingerprint density at radius 2 is 1.87 bits per heavy atom. The Balaban J connectivity index is 1.35. The first-order valence-electron chi connectivity index (χ1n) is 10.1. The van der Waals surface area contributed by atoms with Gasteiger partial charge in [-0.25, -0.2) is 4.39 Å². The smallest absolute Gasteiger partial charge is 0.244 e. The SMILES string of the molecule is Cc1ccc(-c2noc(C(C)N3CCN(Cc4ccc(C#N)cc4)CC3)n2)cc1F. The molecule has 0 bridgehead atoms. The van der Waals surface area contributed by atoms with Crippen LogP contribution in [0.15, 0.2) is 47.0 Å². The van der Waals surface area contributed by atoms with E-state index in [1.165, 1.54) is 11.6 Å². The molecule has 1 aliphatic rings. The highest BCUT2D eigenvalue weighted by atomic mass is 19.1. The van der Waals surface area contributed by atoms with Crippen molar-refractivity contribution < 1.29 is 8.91 Å². The molecule has 0 aliphatic carbocycles. The number of aryl methyl sites for hydroxylation is 1. The fraction of sp³-hybridized carbons (Fsp3) is 0.348. The molecule has 1 aromatic heterocycles. The molecule has 154 valence electrons. The van der Waals surface area contributed by atoms with Crippen LogP contribution in [0.2, 0.25) is 0 Å². The van der Waals surface area contributed by atoms with Crippen LogP contribution in [-0.4, -0.2) is 46.1 Å². The van der Waals surface area contributed by atoms with Crippen LogP contribution in [0.5, 0.6) is 0 Å². The molecule has 1 saturated heterocycles. The Morgan fingerprint density at radius 1 is 1.13 bits per heavy atom. The number of aromatic nitrogens is 2. The van der Waals surface area contributed by atoms with Crippen molar-refractivity contribution in [1.82, 2.24) is 19.9 Å². The van der Waals surface area contributed by atoms with Crippen LogP contribution >= 0.6 is 0 Å². The van der Waals surface area contributed by atoms with Gasteiger partial charge in [0.15, 0.2) is 0 Å². The maximum absolute atomic E-state index is 13.8. The summed E-state index contributed by atoms with van der Waals surface area (Å²) in [6.07, 6.45) is 0. The molecule has 2 heterocycles. The van der Waals surface area contributed by atoms with Gasteiger partial charge in [0.05, 0.1) is 17.7 Å². The van der Waals surface area contributed by atoms with Crippen molar-refractivity contribution in [3.63, 3.8) is 0 Å². The fourth-order valence-electron chi connectivity index (χ4n) is 3.66. The lowest BCUT2D eigenvalue weighted by Gasteiger charge is -2.36. The molecule has 30 heavy (non-hydrogen) atoms. The fourth-order valence-corrected chi connectivity index (χ4v) is 3.66. The van der Waals surface area contributed by atoms with Gasteiger partial charge >= 0.3 is 0 Å². The van der Waals surface area contributed by atoms with Gasteiger partial charge in [0, 0.05) is 38.3 Å². The normalized spacial score (nSPS) is 16.3. The molecule has 1 fully saturated rings. The summed E-state index contributed by atoms with van der Waals surface area (Å²) < 4.78 is 19.3. The Morgan fingerprint density at radius 3 is 2.53 bits per heavy atom. The highest BCUT2D eigenvalue weighted by Gasteiger charge is 2.26. The molecule has 0 radical (unpaired) electrons. The molecule has 2 aromatic carbocycles. The van der Waals surface area contributed by atoms with Gasteiger partial charge in [-0.2, -0.15) is 10.2 Å². The summed E-state index contributed by atoms with van der Waals surface area (Å²) in [5.74, 6) is 0.687. The molecule has 0 saturated carbocycles. The second-order valence-electron chi connectivity index (χ2n) is 7.72. The van der Waals surface area contributed by atoms with E-state index in [0.717, 1.165) is 32.7 Å². The number of hydrogen-bond donors (Lipinski definition) is 0. The molecule has 1 unspecified atom stereocenters. The third-order valence-electron chi connectivity index (χ3n) is 5.67. The Bertz CT molecular complexity index is 1050. The van der Waals surface area contributed by atoms with Gasteiger partial charge in [0.1, 0.15) is 5.82 Å². The second-order valence-corrected chi connectivity index (χ2v) is 7.72. The highest BCUT2D eigenvalue weighted by molar-refractivity contribution is 5.55. The Hall–Kier alpha value is -3.08. The van der Waals surface area contributed by atoms with Crippen molar-refractivity contribution in [3.8, 4) is 17.5 Å². The lowest BCUT2D eigenvalue weighted by Crippen LogP contribution is -2.46. The van der Waals surface area contributed by atoms with E-state index in [1.54, 1.807) is 19.1 Å². The first-order chi connectivity index (χ1) is 14.5. The van der Waals surface area contributed by atoms with Crippen molar-refractivity contribution in [3.05, 3.63) is 70.9 Å². The monoisotopic (exact) mass is 405 g/mol. The van der Waals surface area contributed by atoms with E-state index in [1.807, 2.05) is 24.3 Å². The van der Waals surface area contributed by atoms with Gasteiger partial charge in [-0.1, -0.05) is 29.4 Å². The first kappa shape index (κ1) is 20.2. The van der Waals surface area contributed by atoms with Crippen molar-refractivity contribution in [2.75, 3.05) is 26.2 Å². The van der Waals surface area contributed by atoms with Gasteiger partial charge in [0.25, 0.3) is 0 Å². The lowest BCUT2D eigenvalue weighted by atomic mass is 10.1. The number of nitriles is 1. The van der Waals surface area contributed by atoms with Gasteiger partial charge in [-0.3, -0.25) is 9.80 Å². The molecule has 0 spiro atoms. The summed E-state index contributed by atoms with van der Waals surface area (Å²) in [6.45, 7) is 8.33. The third kappa shape index (κ3) is 4.40. The largest absolute Gasteiger partial charge is 0.337 e. The Kier molecular flexibility index (Phi) is 5.88. The van der Waals surface area contributed by atoms with E-state index in [-0.39, 0.29) is 11.9 Å². The molecular weight excluding hydrogens is 381 g/mol. The van der Waals surface area contributed by atoms with E-state index in [9.17, 15) is 4.39 Å². The van der Waals surface area contributed by atoms with Crippen molar-refractivity contribution in [2.24, 2.45) is 0 Å². The molecule has 0 amide bonds. The van der Waals surface area contributed by atoms with Gasteiger partial charge in [-0.05, 0) is 43.2 Å². The number of hydrogen-bond acceptors (Lipinski definition) is 6. The standard InChI is InChI=1S/C23H24FN5O/c1-16-3-8-20(13-21(16)24)22-26-23(30-27-22)17(2)29-11-9-28(10-12-29)15-19-6-4-18(14-25)5-7-19/h3-8,13,17H,9-12,15H2,1-2H3. The van der Waals surface area contributed by atoms with E-state index >= 15 is 0 Å². The van der Waals surface area contributed by atoms with Crippen molar-refractivity contribution in [1.29, 1.82) is 5.26 Å². The molecule has 1 atom stereocenters. The average molecular weight is 405 g/mol. The maximum Gasteiger partial charge on any atom is 0.244 e. The number of nitrogens with zero attached hydrogens (tertiary/aromatic N) is 5. The van der Waals surface area contributed by atoms with E-state index in [4.69, 9.17) is 9.78 Å². The summed E-state index contributed by atoms with van der Waals surface area (Å²) >= 11 is 0. The van der Waals surface area contributed by atoms with Gasteiger partial charge < -0.3 is 4.52 Å². The van der Waals surface area contributed by atoms with Crippen LogP contribution in [0.1, 0.15) is 35.5 Å². The van der Waals surface area contributed by atoms with Gasteiger partial charge in [0.2, 0.25) is 11.7 Å². The van der Waals surface area contributed by atoms with E-state index < -0.39 is 0 Å². The van der Waals surface area contributed by atoms with Crippen LogP contribution in [0.3, 0.4) is 0 Å². The van der Waals surface area contributed by atoms with Crippen LogP contribution in [0.4, 0.5) is 4.39 Å². The Labute approximate surface area is 175 Å². The van der Waals surface area contributed by atoms with Crippen molar-refractivity contribution in [2.45, 2.75) is 26.4 Å². The van der Waals surface area contributed by atoms with Crippen molar-refractivity contribution >= 4 is 0 Å². The van der Waals surface area contributed by atoms with Crippen LogP contribution in [0.25, 0.3) is 11.4 Å². The van der Waals surface area contributed by atoms with Gasteiger partial charge in [-0.15, -0.1) is 0 Å². The first-order valence-corrected chi connectivity index (χ1v) is 10.1. The number of halogens is 1. The summed E-state index contributed by atoms with van der Waals surface area (Å²) in [4.78, 5) is 9.23. The predicted molar refractivity (Wildman–Crippen MR) is 111 cm³/mol. The minimum Gasteiger partial charge on any atom is -0.337 e. The maximum atomic E-state index is 13.8. The van der Waals surface area contributed by atoms with Crippen LogP contribution in [-0.2, 0) is 6.54 Å². The molecule has 1 aliphatic heterocycles. The third-order valence-corrected chi connectivity index (χ3v) is 5.67. The zero-order valence-corrected chi connectivity index (χ0v) is 17.2. The quantitative estimate of drug-likeness (QED) is 0.641. The minimum atomic E-state index is -0.273. The highest BCUT2D eigenvalue weighted by Crippen LogP contribution is 2.25. The summed E-state index contributed by atoms with van der Waals surface area (Å²) in [5, 5.41) is 13.0. The summed E-state index contributed by atoms with van der Waals surface area (Å²) in [5.41, 5.74) is 3.11. The topological polar surface area (TPSA) is 69.2 Å². The molecule has 4 rings (SSSR count). The van der Waals surface area contributed by atoms with Crippen LogP contribution in [0, 0.1) is 24.1 Å². The zero-order chi connectivity index (χ0) is 21.1. The minimum absolute atomic E-state index is 0.00129. The molecule has 6 nitrogen and oxygen atoms in total. The number of rotatable bonds is 5. The zero-order valence-electron chi connectivity index (χ0n) is 17.2. The molecule has 7 heteroatoms. The molecule has 3 aromatic rings. The average Bonchev–Trinajstić information content (AvgIpc) is 3.26. The molecule has 0 N–H and O–H groups in total. The molecular formula is C23H24FN5O. The number of benzene rings is 2. The summed E-state index contributed by atoms with van der Waals surface area (Å²) in [6, 6.07) is 14.9. The van der Waals surface area contributed by atoms with Crippen LogP contribution < -0.4 is 0 Å². The predicted octanol–water partition coefficient (Wildman–Crippen LogP) is 3.93. The van der Waals surface area contributed by atoms with E-state index in [2.05, 4.69) is 32.9 Å². The van der Waals surface area contributed by atoms with E-state index in [0.29, 0.717) is 28.4 Å². The lowest BCUT2D eigenvalue weighted by molar-refractivity contribution is 0.0845. The summed E-state index contributed by atoms with van der Waals surface area (Å²) in [7, 11) is 0. The second kappa shape index (κ2) is 8.74.